The summed E-state index contributed by atoms with van der Waals surface area (Å²) in [5.41, 5.74) is 1.81. The third-order valence-corrected chi connectivity index (χ3v) is 2.80. The summed E-state index contributed by atoms with van der Waals surface area (Å²) in [6.45, 7) is 3.15. The van der Waals surface area contributed by atoms with Gasteiger partial charge in [0.15, 0.2) is 5.78 Å². The second-order valence-electron chi connectivity index (χ2n) is 3.99. The number of rotatable bonds is 2. The fourth-order valence-corrected chi connectivity index (χ4v) is 1.88. The first-order chi connectivity index (χ1) is 7.16. The maximum atomic E-state index is 11.1. The third-order valence-electron chi connectivity index (χ3n) is 2.80. The maximum Gasteiger partial charge on any atom is 0.159 e. The normalized spacial score (nSPS) is 20.7. The van der Waals surface area contributed by atoms with Crippen molar-refractivity contribution in [2.45, 2.75) is 19.4 Å². The number of nitrogens with zero attached hydrogens (tertiary/aromatic N) is 1. The Labute approximate surface area is 89.3 Å². The molecule has 1 unspecified atom stereocenters. The van der Waals surface area contributed by atoms with Crippen molar-refractivity contribution in [1.82, 2.24) is 0 Å². The lowest BCUT2D eigenvalue weighted by Crippen LogP contribution is -2.20. The van der Waals surface area contributed by atoms with E-state index in [0.717, 1.165) is 24.2 Å². The average molecular weight is 205 g/mol. The summed E-state index contributed by atoms with van der Waals surface area (Å²) < 4.78 is 0. The molecule has 15 heavy (non-hydrogen) atoms. The van der Waals surface area contributed by atoms with Gasteiger partial charge in [-0.2, -0.15) is 0 Å². The molecule has 0 saturated carbocycles. The number of Topliss-reactive ketones (excluding diaryl/α,β-unsaturated/α-hetero) is 1. The van der Waals surface area contributed by atoms with E-state index in [1.165, 1.54) is 0 Å². The van der Waals surface area contributed by atoms with Gasteiger partial charge in [-0.1, -0.05) is 0 Å². The molecule has 1 heterocycles. The zero-order chi connectivity index (χ0) is 10.8. The number of hydrogen-bond acceptors (Lipinski definition) is 3. The first-order valence-electron chi connectivity index (χ1n) is 5.21. The van der Waals surface area contributed by atoms with E-state index in [9.17, 15) is 9.90 Å². The van der Waals surface area contributed by atoms with Crippen molar-refractivity contribution >= 4 is 11.5 Å². The molecule has 3 nitrogen and oxygen atoms in total. The number of benzene rings is 1. The molecule has 1 N–H and O–H groups in total. The van der Waals surface area contributed by atoms with Crippen LogP contribution in [0, 0.1) is 0 Å². The van der Waals surface area contributed by atoms with Gasteiger partial charge in [0.1, 0.15) is 0 Å². The van der Waals surface area contributed by atoms with E-state index in [0.29, 0.717) is 6.54 Å². The first-order valence-corrected chi connectivity index (χ1v) is 5.21. The van der Waals surface area contributed by atoms with Gasteiger partial charge in [0.25, 0.3) is 0 Å². The SMILES string of the molecule is CC(=O)c1ccc(N2CCC(O)C2)cc1. The highest BCUT2D eigenvalue weighted by Gasteiger charge is 2.20. The third kappa shape index (κ3) is 2.18. The van der Waals surface area contributed by atoms with Crippen LogP contribution in [0.1, 0.15) is 23.7 Å². The highest BCUT2D eigenvalue weighted by Crippen LogP contribution is 2.20. The van der Waals surface area contributed by atoms with Gasteiger partial charge in [-0.15, -0.1) is 0 Å². The van der Waals surface area contributed by atoms with E-state index in [1.807, 2.05) is 24.3 Å². The number of carbonyl (C=O) groups is 1. The highest BCUT2D eigenvalue weighted by atomic mass is 16.3. The Morgan fingerprint density at radius 3 is 2.53 bits per heavy atom. The summed E-state index contributed by atoms with van der Waals surface area (Å²) in [4.78, 5) is 13.2. The second-order valence-corrected chi connectivity index (χ2v) is 3.99. The van der Waals surface area contributed by atoms with Crippen LogP contribution in [0.4, 0.5) is 5.69 Å². The van der Waals surface area contributed by atoms with E-state index < -0.39 is 0 Å². The highest BCUT2D eigenvalue weighted by molar-refractivity contribution is 5.94. The van der Waals surface area contributed by atoms with Crippen molar-refractivity contribution in [2.75, 3.05) is 18.0 Å². The maximum absolute atomic E-state index is 11.1. The lowest BCUT2D eigenvalue weighted by atomic mass is 10.1. The molecule has 0 aromatic heterocycles. The number of β-amino-alcohol motifs (C(OH)–C–C–N with tert-alkyl or cyclic N) is 1. The second kappa shape index (κ2) is 4.03. The van der Waals surface area contributed by atoms with Crippen molar-refractivity contribution in [1.29, 1.82) is 0 Å². The predicted molar refractivity (Wildman–Crippen MR) is 59.3 cm³/mol. The minimum Gasteiger partial charge on any atom is -0.391 e. The van der Waals surface area contributed by atoms with Gasteiger partial charge < -0.3 is 10.0 Å². The van der Waals surface area contributed by atoms with Crippen molar-refractivity contribution < 1.29 is 9.90 Å². The lowest BCUT2D eigenvalue weighted by molar-refractivity contribution is 0.101. The molecular formula is C12H15NO2. The molecule has 1 atom stereocenters. The molecule has 1 aromatic rings. The smallest absolute Gasteiger partial charge is 0.159 e. The molecule has 0 amide bonds. The summed E-state index contributed by atoms with van der Waals surface area (Å²) in [6.07, 6.45) is 0.617. The molecular weight excluding hydrogens is 190 g/mol. The van der Waals surface area contributed by atoms with E-state index in [4.69, 9.17) is 0 Å². The average Bonchev–Trinajstić information content (AvgIpc) is 2.65. The molecule has 0 spiro atoms. The van der Waals surface area contributed by atoms with Gasteiger partial charge in [0.2, 0.25) is 0 Å². The minimum absolute atomic E-state index is 0.0861. The lowest BCUT2D eigenvalue weighted by Gasteiger charge is -2.17. The van der Waals surface area contributed by atoms with Crippen LogP contribution in [-0.2, 0) is 0 Å². The standard InChI is InChI=1S/C12H15NO2/c1-9(14)10-2-4-11(5-3-10)13-7-6-12(15)8-13/h2-5,12,15H,6-8H2,1H3. The van der Waals surface area contributed by atoms with E-state index in [-0.39, 0.29) is 11.9 Å². The molecule has 3 heteroatoms. The van der Waals surface area contributed by atoms with Crippen LogP contribution >= 0.6 is 0 Å². The summed E-state index contributed by atoms with van der Waals surface area (Å²) in [5, 5.41) is 9.41. The van der Waals surface area contributed by atoms with Gasteiger partial charge in [-0.3, -0.25) is 4.79 Å². The number of ketones is 1. The Morgan fingerprint density at radius 1 is 1.40 bits per heavy atom. The molecule has 1 fully saturated rings. The molecule has 1 saturated heterocycles. The van der Waals surface area contributed by atoms with Gasteiger partial charge in [-0.25, -0.2) is 0 Å². The summed E-state index contributed by atoms with van der Waals surface area (Å²) in [5.74, 6) is 0.0861. The fourth-order valence-electron chi connectivity index (χ4n) is 1.88. The fraction of sp³-hybridized carbons (Fsp3) is 0.417. The Balaban J connectivity index is 2.13. The number of aliphatic hydroxyl groups excluding tert-OH is 1. The summed E-state index contributed by atoms with van der Waals surface area (Å²) >= 11 is 0. The Morgan fingerprint density at radius 2 is 2.07 bits per heavy atom. The summed E-state index contributed by atoms with van der Waals surface area (Å²) in [6, 6.07) is 7.55. The van der Waals surface area contributed by atoms with Crippen LogP contribution in [0.15, 0.2) is 24.3 Å². The monoisotopic (exact) mass is 205 g/mol. The van der Waals surface area contributed by atoms with Gasteiger partial charge in [0.05, 0.1) is 6.10 Å². The van der Waals surface area contributed by atoms with Crippen LogP contribution < -0.4 is 4.90 Å². The van der Waals surface area contributed by atoms with E-state index in [2.05, 4.69) is 4.90 Å². The van der Waals surface area contributed by atoms with E-state index in [1.54, 1.807) is 6.92 Å². The van der Waals surface area contributed by atoms with Crippen molar-refractivity contribution in [2.24, 2.45) is 0 Å². The van der Waals surface area contributed by atoms with Crippen molar-refractivity contribution in [3.8, 4) is 0 Å². The van der Waals surface area contributed by atoms with Crippen LogP contribution in [0.5, 0.6) is 0 Å². The quantitative estimate of drug-likeness (QED) is 0.743. The molecule has 0 radical (unpaired) electrons. The number of anilines is 1. The largest absolute Gasteiger partial charge is 0.391 e. The zero-order valence-electron chi connectivity index (χ0n) is 8.81. The molecule has 1 aliphatic rings. The van der Waals surface area contributed by atoms with E-state index >= 15 is 0 Å². The van der Waals surface area contributed by atoms with Gasteiger partial charge in [0, 0.05) is 24.3 Å². The molecule has 0 aliphatic carbocycles. The Hall–Kier alpha value is -1.35. The van der Waals surface area contributed by atoms with Crippen LogP contribution in [0.3, 0.4) is 0 Å². The van der Waals surface area contributed by atoms with Crippen LogP contribution in [0.2, 0.25) is 0 Å². The van der Waals surface area contributed by atoms with Gasteiger partial charge >= 0.3 is 0 Å². The topological polar surface area (TPSA) is 40.5 Å². The van der Waals surface area contributed by atoms with Gasteiger partial charge in [-0.05, 0) is 37.6 Å². The van der Waals surface area contributed by atoms with Crippen molar-refractivity contribution in [3.63, 3.8) is 0 Å². The minimum atomic E-state index is -0.211. The van der Waals surface area contributed by atoms with Crippen LogP contribution in [0.25, 0.3) is 0 Å². The molecule has 80 valence electrons. The Bertz CT molecular complexity index is 358. The molecule has 0 bridgehead atoms. The number of aliphatic hydroxyl groups is 1. The molecule has 2 rings (SSSR count). The van der Waals surface area contributed by atoms with Crippen molar-refractivity contribution in [3.05, 3.63) is 29.8 Å². The predicted octanol–water partition coefficient (Wildman–Crippen LogP) is 1.46. The molecule has 1 aliphatic heterocycles. The number of hydrogen-bond donors (Lipinski definition) is 1. The number of carbonyl (C=O) groups excluding carboxylic acids is 1. The summed E-state index contributed by atoms with van der Waals surface area (Å²) in [7, 11) is 0. The zero-order valence-corrected chi connectivity index (χ0v) is 8.81. The first kappa shape index (κ1) is 10.2. The molecule has 1 aromatic carbocycles. The Kier molecular flexibility index (Phi) is 2.73. The van der Waals surface area contributed by atoms with Crippen LogP contribution in [-0.4, -0.2) is 30.1 Å².